The van der Waals surface area contributed by atoms with E-state index >= 15 is 0 Å². The van der Waals surface area contributed by atoms with Gasteiger partial charge in [0.15, 0.2) is 8.32 Å². The van der Waals surface area contributed by atoms with Gasteiger partial charge in [-0.05, 0) is 48.5 Å². The van der Waals surface area contributed by atoms with Crippen LogP contribution in [0.25, 0.3) is 0 Å². The van der Waals surface area contributed by atoms with Crippen LogP contribution in [0.2, 0.25) is 28.2 Å². The van der Waals surface area contributed by atoms with Crippen molar-refractivity contribution in [1.82, 2.24) is 5.32 Å². The molecule has 1 saturated carbocycles. The SMILES string of the molecule is CC[Si](CC)(CC)OC(CNCC1(C)CCC1)c1c(Cl)cc(F)cc1Cl. The first-order valence-corrected chi connectivity index (χ1v) is 13.1. The summed E-state index contributed by atoms with van der Waals surface area (Å²) in [5.74, 6) is -0.414. The summed E-state index contributed by atoms with van der Waals surface area (Å²) in [7, 11) is -1.86. The Morgan fingerprint density at radius 1 is 1.15 bits per heavy atom. The van der Waals surface area contributed by atoms with Crippen molar-refractivity contribution in [3.63, 3.8) is 0 Å². The number of rotatable bonds is 10. The minimum absolute atomic E-state index is 0.245. The Kier molecular flexibility index (Phi) is 7.99. The van der Waals surface area contributed by atoms with E-state index in [4.69, 9.17) is 27.6 Å². The highest BCUT2D eigenvalue weighted by Crippen LogP contribution is 2.40. The van der Waals surface area contributed by atoms with Crippen LogP contribution in [0.5, 0.6) is 0 Å². The van der Waals surface area contributed by atoms with Gasteiger partial charge in [-0.15, -0.1) is 0 Å². The van der Waals surface area contributed by atoms with Gasteiger partial charge in [0.1, 0.15) is 5.82 Å². The second-order valence-electron chi connectivity index (χ2n) is 7.93. The van der Waals surface area contributed by atoms with E-state index in [1.54, 1.807) is 0 Å². The van der Waals surface area contributed by atoms with Gasteiger partial charge in [-0.3, -0.25) is 0 Å². The lowest BCUT2D eigenvalue weighted by Crippen LogP contribution is -2.42. The largest absolute Gasteiger partial charge is 0.409 e. The first kappa shape index (κ1) is 22.2. The van der Waals surface area contributed by atoms with Crippen molar-refractivity contribution in [1.29, 1.82) is 0 Å². The Hall–Kier alpha value is -0.133. The van der Waals surface area contributed by atoms with Crippen LogP contribution < -0.4 is 5.32 Å². The van der Waals surface area contributed by atoms with E-state index in [-0.39, 0.29) is 6.10 Å². The van der Waals surface area contributed by atoms with Crippen molar-refractivity contribution in [2.24, 2.45) is 5.41 Å². The molecule has 148 valence electrons. The first-order valence-electron chi connectivity index (χ1n) is 9.81. The standard InChI is InChI=1S/C20H32Cl2FNOSi/c1-5-26(6-2,7-3)25-18(13-24-14-20(4)9-8-10-20)19-16(21)11-15(23)12-17(19)22/h11-12,18,24H,5-10,13-14H2,1-4H3. The fraction of sp³-hybridized carbons (Fsp3) is 0.700. The van der Waals surface area contributed by atoms with Gasteiger partial charge in [0, 0.05) is 18.7 Å². The van der Waals surface area contributed by atoms with E-state index in [9.17, 15) is 4.39 Å². The molecule has 1 unspecified atom stereocenters. The third-order valence-corrected chi connectivity index (χ3v) is 11.4. The molecule has 0 bridgehead atoms. The average molecular weight is 420 g/mol. The molecule has 1 aliphatic carbocycles. The van der Waals surface area contributed by atoms with E-state index in [2.05, 4.69) is 33.0 Å². The van der Waals surface area contributed by atoms with E-state index < -0.39 is 14.1 Å². The zero-order valence-corrected chi connectivity index (χ0v) is 18.9. The molecule has 0 heterocycles. The quantitative estimate of drug-likeness (QED) is 0.413. The van der Waals surface area contributed by atoms with Gasteiger partial charge in [-0.25, -0.2) is 4.39 Å². The normalized spacial score (nSPS) is 17.8. The predicted octanol–water partition coefficient (Wildman–Crippen LogP) is 6.98. The second-order valence-corrected chi connectivity index (χ2v) is 13.5. The average Bonchev–Trinajstić information content (AvgIpc) is 2.57. The van der Waals surface area contributed by atoms with Crippen LogP contribution in [0.1, 0.15) is 58.6 Å². The first-order chi connectivity index (χ1) is 12.3. The highest BCUT2D eigenvalue weighted by Gasteiger charge is 2.35. The van der Waals surface area contributed by atoms with E-state index in [1.807, 2.05) is 0 Å². The summed E-state index contributed by atoms with van der Waals surface area (Å²) in [4.78, 5) is 0. The molecule has 2 rings (SSSR count). The molecule has 1 aromatic carbocycles. The number of hydrogen-bond acceptors (Lipinski definition) is 2. The van der Waals surface area contributed by atoms with Gasteiger partial charge >= 0.3 is 0 Å². The molecule has 0 amide bonds. The topological polar surface area (TPSA) is 21.3 Å². The van der Waals surface area contributed by atoms with Crippen molar-refractivity contribution in [3.05, 3.63) is 33.6 Å². The van der Waals surface area contributed by atoms with E-state index in [1.165, 1.54) is 31.4 Å². The van der Waals surface area contributed by atoms with Gasteiger partial charge in [-0.2, -0.15) is 0 Å². The number of benzene rings is 1. The molecule has 1 aromatic rings. The molecular formula is C20H32Cl2FNOSi. The zero-order chi connectivity index (χ0) is 19.4. The summed E-state index contributed by atoms with van der Waals surface area (Å²) in [5.41, 5.74) is 1.10. The molecular weight excluding hydrogens is 388 g/mol. The molecule has 1 fully saturated rings. The minimum atomic E-state index is -1.86. The van der Waals surface area contributed by atoms with Crippen molar-refractivity contribution < 1.29 is 8.82 Å². The van der Waals surface area contributed by atoms with Gasteiger partial charge in [-0.1, -0.05) is 57.3 Å². The number of nitrogens with one attached hydrogen (secondary N) is 1. The maximum absolute atomic E-state index is 13.7. The third-order valence-electron chi connectivity index (χ3n) is 6.13. The summed E-state index contributed by atoms with van der Waals surface area (Å²) in [6.07, 6.45) is 3.60. The Morgan fingerprint density at radius 2 is 1.69 bits per heavy atom. The van der Waals surface area contributed by atoms with Gasteiger partial charge < -0.3 is 9.74 Å². The molecule has 2 nitrogen and oxygen atoms in total. The highest BCUT2D eigenvalue weighted by atomic mass is 35.5. The summed E-state index contributed by atoms with van der Waals surface area (Å²) in [5, 5.41) is 4.28. The van der Waals surface area contributed by atoms with Crippen LogP contribution >= 0.6 is 23.2 Å². The highest BCUT2D eigenvalue weighted by molar-refractivity contribution is 6.73. The molecule has 0 aromatic heterocycles. The fourth-order valence-corrected chi connectivity index (χ4v) is 7.34. The monoisotopic (exact) mass is 419 g/mol. The molecule has 1 atom stereocenters. The third kappa shape index (κ3) is 5.23. The van der Waals surface area contributed by atoms with Crippen LogP contribution in [0, 0.1) is 11.2 Å². The van der Waals surface area contributed by atoms with Crippen molar-refractivity contribution >= 4 is 31.5 Å². The van der Waals surface area contributed by atoms with Crippen LogP contribution in [0.3, 0.4) is 0 Å². The maximum Gasteiger partial charge on any atom is 0.192 e. The summed E-state index contributed by atoms with van der Waals surface area (Å²) >= 11 is 12.8. The maximum atomic E-state index is 13.7. The van der Waals surface area contributed by atoms with Crippen molar-refractivity contribution in [2.75, 3.05) is 13.1 Å². The minimum Gasteiger partial charge on any atom is -0.409 e. The molecule has 0 aliphatic heterocycles. The van der Waals surface area contributed by atoms with Gasteiger partial charge in [0.05, 0.1) is 16.1 Å². The van der Waals surface area contributed by atoms with Gasteiger partial charge in [0.2, 0.25) is 0 Å². The van der Waals surface area contributed by atoms with Crippen LogP contribution in [-0.2, 0) is 4.43 Å². The molecule has 0 spiro atoms. The van der Waals surface area contributed by atoms with Crippen LogP contribution in [-0.4, -0.2) is 21.4 Å². The number of halogens is 3. The zero-order valence-electron chi connectivity index (χ0n) is 16.4. The Bertz CT molecular complexity index is 574. The van der Waals surface area contributed by atoms with Crippen LogP contribution in [0.4, 0.5) is 4.39 Å². The Morgan fingerprint density at radius 3 is 2.12 bits per heavy atom. The van der Waals surface area contributed by atoms with Crippen LogP contribution in [0.15, 0.2) is 12.1 Å². The molecule has 0 saturated heterocycles. The second kappa shape index (κ2) is 9.38. The lowest BCUT2D eigenvalue weighted by atomic mass is 9.70. The smallest absolute Gasteiger partial charge is 0.192 e. The molecule has 26 heavy (non-hydrogen) atoms. The number of hydrogen-bond donors (Lipinski definition) is 1. The van der Waals surface area contributed by atoms with Gasteiger partial charge in [0.25, 0.3) is 0 Å². The molecule has 0 radical (unpaired) electrons. The van der Waals surface area contributed by atoms with Crippen molar-refractivity contribution in [3.8, 4) is 0 Å². The molecule has 1 N–H and O–H groups in total. The summed E-state index contributed by atoms with van der Waals surface area (Å²) < 4.78 is 20.4. The Labute approximate surface area is 168 Å². The van der Waals surface area contributed by atoms with Crippen molar-refractivity contribution in [2.45, 2.75) is 71.2 Å². The molecule has 6 heteroatoms. The fourth-order valence-electron chi connectivity index (χ4n) is 3.83. The van der Waals surface area contributed by atoms with E-state index in [0.29, 0.717) is 27.6 Å². The predicted molar refractivity (Wildman–Crippen MR) is 112 cm³/mol. The molecule has 1 aliphatic rings. The summed E-state index contributed by atoms with van der Waals surface area (Å²) in [6.45, 7) is 10.5. The van der Waals surface area contributed by atoms with E-state index in [0.717, 1.165) is 24.7 Å². The summed E-state index contributed by atoms with van der Waals surface area (Å²) in [6, 6.07) is 5.80. The lowest BCUT2D eigenvalue weighted by molar-refractivity contribution is 0.137. The lowest BCUT2D eigenvalue weighted by Gasteiger charge is -2.40. The Balaban J connectivity index is 2.23.